The molecule has 164 valence electrons. The maximum absolute atomic E-state index is 12.8. The maximum atomic E-state index is 12.8. The minimum atomic E-state index is -1.40. The quantitative estimate of drug-likeness (QED) is 0.601. The van der Waals surface area contributed by atoms with Crippen molar-refractivity contribution in [1.82, 2.24) is 10.6 Å². The fraction of sp³-hybridized carbons (Fsp3) is 0.292. The minimum Gasteiger partial charge on any atom is -0.548 e. The van der Waals surface area contributed by atoms with Crippen LogP contribution in [0, 0.1) is 5.92 Å². The first-order valence-electron chi connectivity index (χ1n) is 10.0. The second kappa shape index (κ2) is 11.0. The van der Waals surface area contributed by atoms with Crippen LogP contribution in [0.15, 0.2) is 60.3 Å². The molecule has 0 heterocycles. The van der Waals surface area contributed by atoms with Crippen LogP contribution in [0.4, 0.5) is 0 Å². The van der Waals surface area contributed by atoms with Crippen molar-refractivity contribution < 1.29 is 24.2 Å². The summed E-state index contributed by atoms with van der Waals surface area (Å²) in [5.41, 5.74) is 0.907. The predicted octanol–water partition coefficient (Wildman–Crippen LogP) is 2.14. The lowest BCUT2D eigenvalue weighted by molar-refractivity contribution is -0.309. The number of carbonyl (C=O) groups excluding carboxylic acids is 3. The largest absolute Gasteiger partial charge is 0.548 e. The standard InChI is InChI=1S/C24H28N2O5/c1-15(2)21(24(29)30)26-23(28)20(25-22(27)18-8-6-5-7-9-18)14-17-10-12-19(13-11-17)31-16(3)4/h5-16,21H,1-4H3,(H,25,27)(H,26,28)(H,29,30)/p-1/b20-14-/t21-/m0/s1. The molecule has 2 aromatic rings. The van der Waals surface area contributed by atoms with E-state index in [-0.39, 0.29) is 11.8 Å². The summed E-state index contributed by atoms with van der Waals surface area (Å²) in [4.78, 5) is 36.8. The molecule has 0 fully saturated rings. The Morgan fingerprint density at radius 2 is 1.55 bits per heavy atom. The SMILES string of the molecule is CC(C)Oc1ccc(/C=C(\NC(=O)c2ccccc2)C(=O)N[C@H](C(=O)[O-])C(C)C)cc1. The molecule has 0 aliphatic rings. The number of carboxylic acids is 1. The average Bonchev–Trinajstić information content (AvgIpc) is 2.72. The van der Waals surface area contributed by atoms with Crippen molar-refractivity contribution in [3.63, 3.8) is 0 Å². The highest BCUT2D eigenvalue weighted by Gasteiger charge is 2.21. The number of ether oxygens (including phenoxy) is 1. The zero-order chi connectivity index (χ0) is 23.0. The van der Waals surface area contributed by atoms with Gasteiger partial charge in [-0.2, -0.15) is 0 Å². The highest BCUT2D eigenvalue weighted by molar-refractivity contribution is 6.06. The molecule has 0 radical (unpaired) electrons. The minimum absolute atomic E-state index is 0.0190. The summed E-state index contributed by atoms with van der Waals surface area (Å²) >= 11 is 0. The number of hydrogen-bond donors (Lipinski definition) is 2. The Labute approximate surface area is 182 Å². The Morgan fingerprint density at radius 3 is 2.06 bits per heavy atom. The molecule has 0 saturated heterocycles. The van der Waals surface area contributed by atoms with Gasteiger partial charge in [0.15, 0.2) is 0 Å². The zero-order valence-electron chi connectivity index (χ0n) is 18.0. The van der Waals surface area contributed by atoms with Gasteiger partial charge in [-0.25, -0.2) is 0 Å². The van der Waals surface area contributed by atoms with Gasteiger partial charge in [-0.3, -0.25) is 9.59 Å². The molecule has 0 unspecified atom stereocenters. The third kappa shape index (κ3) is 7.29. The van der Waals surface area contributed by atoms with Gasteiger partial charge in [0.25, 0.3) is 11.8 Å². The first-order valence-corrected chi connectivity index (χ1v) is 10.0. The molecule has 0 bridgehead atoms. The summed E-state index contributed by atoms with van der Waals surface area (Å²) < 4.78 is 5.61. The van der Waals surface area contributed by atoms with E-state index in [9.17, 15) is 19.5 Å². The molecule has 2 amide bonds. The molecular formula is C24H27N2O5-. The van der Waals surface area contributed by atoms with Crippen LogP contribution in [0.1, 0.15) is 43.6 Å². The summed E-state index contributed by atoms with van der Waals surface area (Å²) in [7, 11) is 0. The van der Waals surface area contributed by atoms with Crippen LogP contribution in [0.5, 0.6) is 5.75 Å². The molecule has 7 heteroatoms. The summed E-state index contributed by atoms with van der Waals surface area (Å²) in [6.07, 6.45) is 1.49. The Morgan fingerprint density at radius 1 is 0.935 bits per heavy atom. The van der Waals surface area contributed by atoms with Crippen LogP contribution in [0.2, 0.25) is 0 Å². The summed E-state index contributed by atoms with van der Waals surface area (Å²) in [6.45, 7) is 7.13. The molecule has 2 N–H and O–H groups in total. The van der Waals surface area contributed by atoms with E-state index in [0.29, 0.717) is 16.9 Å². The van der Waals surface area contributed by atoms with Crippen molar-refractivity contribution in [2.45, 2.75) is 39.8 Å². The van der Waals surface area contributed by atoms with Gasteiger partial charge in [0, 0.05) is 5.56 Å². The molecular weight excluding hydrogens is 396 g/mol. The molecule has 1 atom stereocenters. The summed E-state index contributed by atoms with van der Waals surface area (Å²) in [5, 5.41) is 16.4. The van der Waals surface area contributed by atoms with Gasteiger partial charge < -0.3 is 25.3 Å². The van der Waals surface area contributed by atoms with Crippen molar-refractivity contribution in [1.29, 1.82) is 0 Å². The van der Waals surface area contributed by atoms with E-state index in [1.54, 1.807) is 68.4 Å². The van der Waals surface area contributed by atoms with Crippen molar-refractivity contribution in [3.05, 3.63) is 71.4 Å². The highest BCUT2D eigenvalue weighted by atomic mass is 16.5. The Balaban J connectivity index is 2.32. The van der Waals surface area contributed by atoms with Crippen LogP contribution >= 0.6 is 0 Å². The van der Waals surface area contributed by atoms with Gasteiger partial charge in [-0.15, -0.1) is 0 Å². The average molecular weight is 423 g/mol. The zero-order valence-corrected chi connectivity index (χ0v) is 18.0. The topological polar surface area (TPSA) is 108 Å². The first kappa shape index (κ1) is 23.7. The Kier molecular flexibility index (Phi) is 8.37. The fourth-order valence-corrected chi connectivity index (χ4v) is 2.74. The first-order chi connectivity index (χ1) is 14.7. The molecule has 0 aromatic heterocycles. The third-order valence-electron chi connectivity index (χ3n) is 4.30. The lowest BCUT2D eigenvalue weighted by Crippen LogP contribution is -2.52. The van der Waals surface area contributed by atoms with Gasteiger partial charge >= 0.3 is 0 Å². The van der Waals surface area contributed by atoms with E-state index in [0.717, 1.165) is 0 Å². The molecule has 2 aromatic carbocycles. The number of hydrogen-bond acceptors (Lipinski definition) is 5. The second-order valence-electron chi connectivity index (χ2n) is 7.63. The smallest absolute Gasteiger partial charge is 0.268 e. The van der Waals surface area contributed by atoms with Crippen molar-refractivity contribution >= 4 is 23.9 Å². The number of nitrogens with one attached hydrogen (secondary N) is 2. The van der Waals surface area contributed by atoms with Gasteiger partial charge in [-0.05, 0) is 55.7 Å². The van der Waals surface area contributed by atoms with Gasteiger partial charge in [0.1, 0.15) is 11.4 Å². The lowest BCUT2D eigenvalue weighted by Gasteiger charge is -2.24. The van der Waals surface area contributed by atoms with Crippen LogP contribution in [-0.4, -0.2) is 29.9 Å². The normalized spacial score (nSPS) is 12.4. The van der Waals surface area contributed by atoms with E-state index in [4.69, 9.17) is 4.74 Å². The molecule has 0 aliphatic heterocycles. The molecule has 0 aliphatic carbocycles. The Bertz CT molecular complexity index is 934. The highest BCUT2D eigenvalue weighted by Crippen LogP contribution is 2.16. The predicted molar refractivity (Wildman–Crippen MR) is 116 cm³/mol. The van der Waals surface area contributed by atoms with E-state index in [1.165, 1.54) is 6.08 Å². The molecule has 2 rings (SSSR count). The number of aliphatic carboxylic acids is 1. The number of carbonyl (C=O) groups is 3. The lowest BCUT2D eigenvalue weighted by atomic mass is 10.0. The third-order valence-corrected chi connectivity index (χ3v) is 4.30. The number of rotatable bonds is 9. The van der Waals surface area contributed by atoms with Crippen LogP contribution < -0.4 is 20.5 Å². The fourth-order valence-electron chi connectivity index (χ4n) is 2.74. The van der Waals surface area contributed by atoms with Gasteiger partial charge in [-0.1, -0.05) is 44.2 Å². The van der Waals surface area contributed by atoms with E-state index in [1.807, 2.05) is 13.8 Å². The van der Waals surface area contributed by atoms with Crippen LogP contribution in [0.25, 0.3) is 6.08 Å². The number of amides is 2. The monoisotopic (exact) mass is 423 g/mol. The van der Waals surface area contributed by atoms with Crippen molar-refractivity contribution in [2.75, 3.05) is 0 Å². The van der Waals surface area contributed by atoms with Crippen LogP contribution in [-0.2, 0) is 9.59 Å². The Hall–Kier alpha value is -3.61. The van der Waals surface area contributed by atoms with Crippen molar-refractivity contribution in [2.24, 2.45) is 5.92 Å². The van der Waals surface area contributed by atoms with E-state index < -0.39 is 29.7 Å². The second-order valence-corrected chi connectivity index (χ2v) is 7.63. The van der Waals surface area contributed by atoms with Gasteiger partial charge in [0.2, 0.25) is 0 Å². The summed E-state index contributed by atoms with van der Waals surface area (Å²) in [6, 6.07) is 14.2. The van der Waals surface area contributed by atoms with Crippen LogP contribution in [0.3, 0.4) is 0 Å². The molecule has 0 spiro atoms. The van der Waals surface area contributed by atoms with E-state index in [2.05, 4.69) is 10.6 Å². The molecule has 0 saturated carbocycles. The van der Waals surface area contributed by atoms with Crippen molar-refractivity contribution in [3.8, 4) is 5.75 Å². The number of carboxylic acid groups (broad SMARTS) is 1. The molecule has 31 heavy (non-hydrogen) atoms. The summed E-state index contributed by atoms with van der Waals surface area (Å²) in [5.74, 6) is -2.34. The number of benzene rings is 2. The van der Waals surface area contributed by atoms with Gasteiger partial charge in [0.05, 0.1) is 18.1 Å². The molecule has 7 nitrogen and oxygen atoms in total. The maximum Gasteiger partial charge on any atom is 0.268 e. The van der Waals surface area contributed by atoms with E-state index >= 15 is 0 Å².